The maximum atomic E-state index is 5.98. The predicted molar refractivity (Wildman–Crippen MR) is 79.6 cm³/mol. The lowest BCUT2D eigenvalue weighted by atomic mass is 10.1. The van der Waals surface area contributed by atoms with Crippen LogP contribution in [0, 0.1) is 5.92 Å². The van der Waals surface area contributed by atoms with Gasteiger partial charge in [-0.15, -0.1) is 0 Å². The largest absolute Gasteiger partial charge is 0.329 e. The molecule has 0 spiro atoms. The van der Waals surface area contributed by atoms with Gasteiger partial charge < -0.3 is 5.73 Å². The highest BCUT2D eigenvalue weighted by molar-refractivity contribution is 7.99. The normalized spacial score (nSPS) is 18.0. The zero-order valence-corrected chi connectivity index (χ0v) is 12.6. The van der Waals surface area contributed by atoms with Crippen LogP contribution in [-0.2, 0) is 0 Å². The van der Waals surface area contributed by atoms with E-state index in [2.05, 4.69) is 25.7 Å². The molecule has 1 aliphatic carbocycles. The molecule has 0 aromatic carbocycles. The summed E-state index contributed by atoms with van der Waals surface area (Å²) in [6.45, 7) is 8.95. The van der Waals surface area contributed by atoms with E-state index in [-0.39, 0.29) is 0 Å². The second-order valence-corrected chi connectivity index (χ2v) is 6.92. The molecule has 2 nitrogen and oxygen atoms in total. The minimum atomic E-state index is 0.625. The van der Waals surface area contributed by atoms with Crippen molar-refractivity contribution in [1.82, 2.24) is 4.90 Å². The Bertz CT molecular complexity index is 193. The molecule has 1 fully saturated rings. The van der Waals surface area contributed by atoms with Gasteiger partial charge in [0.05, 0.1) is 0 Å². The number of rotatable bonds is 10. The number of nitrogens with two attached hydrogens (primary N) is 1. The summed E-state index contributed by atoms with van der Waals surface area (Å²) in [5.74, 6) is 3.30. The van der Waals surface area contributed by atoms with Crippen molar-refractivity contribution in [1.29, 1.82) is 0 Å². The second-order valence-electron chi connectivity index (χ2n) is 5.53. The van der Waals surface area contributed by atoms with Crippen LogP contribution in [0.5, 0.6) is 0 Å². The third kappa shape index (κ3) is 6.12. The average Bonchev–Trinajstić information content (AvgIpc) is 3.11. The Morgan fingerprint density at radius 2 is 2.00 bits per heavy atom. The molecule has 1 unspecified atom stereocenters. The van der Waals surface area contributed by atoms with Crippen LogP contribution < -0.4 is 5.73 Å². The molecule has 0 radical (unpaired) electrons. The van der Waals surface area contributed by atoms with Crippen LogP contribution in [0.25, 0.3) is 0 Å². The monoisotopic (exact) mass is 258 g/mol. The molecule has 0 heterocycles. The molecule has 2 N–H and O–H groups in total. The van der Waals surface area contributed by atoms with Gasteiger partial charge in [-0.05, 0) is 49.7 Å². The fourth-order valence-electron chi connectivity index (χ4n) is 2.26. The third-order valence-electron chi connectivity index (χ3n) is 3.52. The van der Waals surface area contributed by atoms with Gasteiger partial charge in [-0.3, -0.25) is 4.90 Å². The topological polar surface area (TPSA) is 29.3 Å². The average molecular weight is 258 g/mol. The lowest BCUT2D eigenvalue weighted by molar-refractivity contribution is 0.176. The molecule has 0 amide bonds. The van der Waals surface area contributed by atoms with E-state index in [9.17, 15) is 0 Å². The summed E-state index contributed by atoms with van der Waals surface area (Å²) >= 11 is 2.04. The van der Waals surface area contributed by atoms with E-state index >= 15 is 0 Å². The molecule has 0 aliphatic heterocycles. The highest BCUT2D eigenvalue weighted by Crippen LogP contribution is 2.30. The van der Waals surface area contributed by atoms with Gasteiger partial charge in [-0.25, -0.2) is 0 Å². The van der Waals surface area contributed by atoms with E-state index in [0.29, 0.717) is 6.04 Å². The third-order valence-corrected chi connectivity index (χ3v) is 4.45. The van der Waals surface area contributed by atoms with Gasteiger partial charge in [0.2, 0.25) is 0 Å². The smallest absolute Gasteiger partial charge is 0.0229 e. The minimum absolute atomic E-state index is 0.625. The molecule has 0 saturated heterocycles. The lowest BCUT2D eigenvalue weighted by Crippen LogP contribution is -2.43. The fourth-order valence-corrected chi connectivity index (χ4v) is 2.99. The highest BCUT2D eigenvalue weighted by Gasteiger charge is 2.32. The standard InChI is InChI=1S/C14H30N2S/c1-4-17-10-8-14(11-15)16(13-5-6-13)9-7-12(2)3/h12-14H,4-11,15H2,1-3H3. The van der Waals surface area contributed by atoms with E-state index in [1.807, 2.05) is 11.8 Å². The Morgan fingerprint density at radius 3 is 2.47 bits per heavy atom. The summed E-state index contributed by atoms with van der Waals surface area (Å²) in [6.07, 6.45) is 5.38. The molecule has 0 aromatic rings. The van der Waals surface area contributed by atoms with Gasteiger partial charge in [-0.1, -0.05) is 20.8 Å². The Labute approximate surface area is 112 Å². The number of nitrogens with zero attached hydrogens (tertiary/aromatic N) is 1. The maximum absolute atomic E-state index is 5.98. The van der Waals surface area contributed by atoms with Gasteiger partial charge in [0, 0.05) is 18.6 Å². The Hall–Kier alpha value is 0.270. The van der Waals surface area contributed by atoms with Crippen molar-refractivity contribution in [3.8, 4) is 0 Å². The molecular formula is C14H30N2S. The Morgan fingerprint density at radius 1 is 1.29 bits per heavy atom. The molecular weight excluding hydrogens is 228 g/mol. The minimum Gasteiger partial charge on any atom is -0.329 e. The van der Waals surface area contributed by atoms with E-state index in [1.54, 1.807) is 0 Å². The van der Waals surface area contributed by atoms with Crippen LogP contribution in [0.15, 0.2) is 0 Å². The number of hydrogen-bond donors (Lipinski definition) is 1. The first-order valence-electron chi connectivity index (χ1n) is 7.22. The first-order chi connectivity index (χ1) is 8.19. The quantitative estimate of drug-likeness (QED) is 0.611. The van der Waals surface area contributed by atoms with Gasteiger partial charge in [0.15, 0.2) is 0 Å². The summed E-state index contributed by atoms with van der Waals surface area (Å²) < 4.78 is 0. The van der Waals surface area contributed by atoms with Crippen molar-refractivity contribution in [2.45, 2.75) is 58.5 Å². The molecule has 17 heavy (non-hydrogen) atoms. The zero-order valence-electron chi connectivity index (χ0n) is 11.8. The predicted octanol–water partition coefficient (Wildman–Crippen LogP) is 2.97. The first-order valence-corrected chi connectivity index (χ1v) is 8.38. The van der Waals surface area contributed by atoms with Crippen LogP contribution in [0.4, 0.5) is 0 Å². The van der Waals surface area contributed by atoms with E-state index < -0.39 is 0 Å². The maximum Gasteiger partial charge on any atom is 0.0229 e. The van der Waals surface area contributed by atoms with Crippen LogP contribution in [0.3, 0.4) is 0 Å². The van der Waals surface area contributed by atoms with Crippen molar-refractivity contribution in [2.24, 2.45) is 11.7 Å². The number of thioether (sulfide) groups is 1. The second kappa shape index (κ2) is 8.39. The molecule has 0 bridgehead atoms. The summed E-state index contributed by atoms with van der Waals surface area (Å²) in [6, 6.07) is 1.48. The van der Waals surface area contributed by atoms with Gasteiger partial charge >= 0.3 is 0 Å². The van der Waals surface area contributed by atoms with Crippen LogP contribution in [0.2, 0.25) is 0 Å². The van der Waals surface area contributed by atoms with Crippen molar-refractivity contribution in [3.63, 3.8) is 0 Å². The number of hydrogen-bond acceptors (Lipinski definition) is 3. The van der Waals surface area contributed by atoms with Crippen molar-refractivity contribution < 1.29 is 0 Å². The highest BCUT2D eigenvalue weighted by atomic mass is 32.2. The lowest BCUT2D eigenvalue weighted by Gasteiger charge is -2.31. The molecule has 1 aliphatic rings. The van der Waals surface area contributed by atoms with E-state index in [1.165, 1.54) is 43.7 Å². The molecule has 1 atom stereocenters. The van der Waals surface area contributed by atoms with Crippen molar-refractivity contribution in [3.05, 3.63) is 0 Å². The molecule has 3 heteroatoms. The summed E-state index contributed by atoms with van der Waals surface area (Å²) in [4.78, 5) is 2.70. The summed E-state index contributed by atoms with van der Waals surface area (Å²) in [7, 11) is 0. The van der Waals surface area contributed by atoms with Gasteiger partial charge in [0.25, 0.3) is 0 Å². The SMILES string of the molecule is CCSCCC(CN)N(CCC(C)C)C1CC1. The van der Waals surface area contributed by atoms with E-state index in [0.717, 1.165) is 18.5 Å². The van der Waals surface area contributed by atoms with Crippen LogP contribution in [0.1, 0.15) is 46.5 Å². The van der Waals surface area contributed by atoms with Crippen LogP contribution >= 0.6 is 11.8 Å². The fraction of sp³-hybridized carbons (Fsp3) is 1.00. The summed E-state index contributed by atoms with van der Waals surface area (Å²) in [5, 5.41) is 0. The Kier molecular flexibility index (Phi) is 7.56. The molecule has 1 saturated carbocycles. The molecule has 1 rings (SSSR count). The Balaban J connectivity index is 2.36. The van der Waals surface area contributed by atoms with Crippen LogP contribution in [-0.4, -0.2) is 41.6 Å². The summed E-state index contributed by atoms with van der Waals surface area (Å²) in [5.41, 5.74) is 5.98. The van der Waals surface area contributed by atoms with Crippen molar-refractivity contribution >= 4 is 11.8 Å². The van der Waals surface area contributed by atoms with Crippen molar-refractivity contribution in [2.75, 3.05) is 24.6 Å². The first kappa shape index (κ1) is 15.3. The van der Waals surface area contributed by atoms with Gasteiger partial charge in [-0.2, -0.15) is 11.8 Å². The zero-order chi connectivity index (χ0) is 12.7. The molecule has 102 valence electrons. The van der Waals surface area contributed by atoms with E-state index in [4.69, 9.17) is 5.73 Å². The van der Waals surface area contributed by atoms with Gasteiger partial charge in [0.1, 0.15) is 0 Å². The molecule has 0 aromatic heterocycles.